The minimum Gasteiger partial charge on any atom is -0.326 e. The minimum atomic E-state index is -0.0535. The molecule has 0 saturated carbocycles. The van der Waals surface area contributed by atoms with Crippen molar-refractivity contribution in [2.24, 2.45) is 0 Å². The third-order valence-corrected chi connectivity index (χ3v) is 3.43. The molecule has 1 amide bonds. The van der Waals surface area contributed by atoms with Crippen molar-refractivity contribution in [2.75, 3.05) is 5.32 Å². The Hall–Kier alpha value is -1.51. The van der Waals surface area contributed by atoms with Crippen LogP contribution < -0.4 is 5.32 Å². The summed E-state index contributed by atoms with van der Waals surface area (Å²) in [5.74, 6) is -0.0535. The highest BCUT2D eigenvalue weighted by molar-refractivity contribution is 6.36. The number of benzene rings is 2. The van der Waals surface area contributed by atoms with Crippen LogP contribution in [0.25, 0.3) is 0 Å². The summed E-state index contributed by atoms with van der Waals surface area (Å²) < 4.78 is 0. The normalized spacial score (nSPS) is 10.2. The molecule has 98 valence electrons. The van der Waals surface area contributed by atoms with Crippen LogP contribution >= 0.6 is 23.2 Å². The molecule has 0 aliphatic rings. The summed E-state index contributed by atoms with van der Waals surface area (Å²) in [6, 6.07) is 14.7. The van der Waals surface area contributed by atoms with Crippen molar-refractivity contribution in [3.8, 4) is 0 Å². The van der Waals surface area contributed by atoms with Gasteiger partial charge in [-0.2, -0.15) is 0 Å². The fraction of sp³-hybridized carbons (Fsp3) is 0.133. The first-order valence-electron chi connectivity index (χ1n) is 5.94. The Labute approximate surface area is 122 Å². The van der Waals surface area contributed by atoms with Gasteiger partial charge in [-0.3, -0.25) is 4.79 Å². The number of halogens is 2. The number of hydrogen-bond acceptors (Lipinski definition) is 1. The van der Waals surface area contributed by atoms with Crippen LogP contribution in [0.15, 0.2) is 48.5 Å². The molecule has 0 aliphatic heterocycles. The number of rotatable bonds is 4. The van der Waals surface area contributed by atoms with Crippen LogP contribution in [0, 0.1) is 0 Å². The van der Waals surface area contributed by atoms with E-state index in [4.69, 9.17) is 23.2 Å². The van der Waals surface area contributed by atoms with Crippen LogP contribution in [-0.4, -0.2) is 5.91 Å². The molecular formula is C15H13Cl2NO. The van der Waals surface area contributed by atoms with Crippen LogP contribution in [0.2, 0.25) is 10.0 Å². The van der Waals surface area contributed by atoms with Crippen LogP contribution in [0.4, 0.5) is 5.69 Å². The molecule has 4 heteroatoms. The van der Waals surface area contributed by atoms with Gasteiger partial charge in [0.15, 0.2) is 0 Å². The van der Waals surface area contributed by atoms with Gasteiger partial charge in [-0.15, -0.1) is 0 Å². The SMILES string of the molecule is O=C(CCc1c(Cl)cccc1Cl)Nc1ccccc1. The van der Waals surface area contributed by atoms with Gasteiger partial charge < -0.3 is 5.32 Å². The van der Waals surface area contributed by atoms with Gasteiger partial charge in [0.2, 0.25) is 5.91 Å². The van der Waals surface area contributed by atoms with E-state index in [0.29, 0.717) is 22.9 Å². The summed E-state index contributed by atoms with van der Waals surface area (Å²) in [4.78, 5) is 11.8. The summed E-state index contributed by atoms with van der Waals surface area (Å²) in [7, 11) is 0. The quantitative estimate of drug-likeness (QED) is 0.879. The highest BCUT2D eigenvalue weighted by atomic mass is 35.5. The molecule has 0 heterocycles. The first-order chi connectivity index (χ1) is 9.16. The molecule has 0 radical (unpaired) electrons. The maximum atomic E-state index is 11.8. The molecule has 0 saturated heterocycles. The van der Waals surface area contributed by atoms with Gasteiger partial charge in [-0.25, -0.2) is 0 Å². The van der Waals surface area contributed by atoms with E-state index < -0.39 is 0 Å². The van der Waals surface area contributed by atoms with E-state index in [0.717, 1.165) is 11.3 Å². The molecule has 0 aliphatic carbocycles. The number of carbonyl (C=O) groups excluding carboxylic acids is 1. The predicted molar refractivity (Wildman–Crippen MR) is 79.9 cm³/mol. The maximum absolute atomic E-state index is 11.8. The second-order valence-corrected chi connectivity index (χ2v) is 4.93. The highest BCUT2D eigenvalue weighted by Gasteiger charge is 2.08. The maximum Gasteiger partial charge on any atom is 0.224 e. The Bertz CT molecular complexity index is 549. The topological polar surface area (TPSA) is 29.1 Å². The van der Waals surface area contributed by atoms with Gasteiger partial charge in [0.1, 0.15) is 0 Å². The number of nitrogens with one attached hydrogen (secondary N) is 1. The predicted octanol–water partition coefficient (Wildman–Crippen LogP) is 4.56. The van der Waals surface area contributed by atoms with Gasteiger partial charge in [-0.05, 0) is 36.2 Å². The lowest BCUT2D eigenvalue weighted by Gasteiger charge is -2.07. The summed E-state index contributed by atoms with van der Waals surface area (Å²) in [6.07, 6.45) is 0.871. The molecule has 19 heavy (non-hydrogen) atoms. The van der Waals surface area contributed by atoms with Crippen molar-refractivity contribution < 1.29 is 4.79 Å². The number of anilines is 1. The van der Waals surface area contributed by atoms with Gasteiger partial charge >= 0.3 is 0 Å². The summed E-state index contributed by atoms with van der Waals surface area (Å²) in [5.41, 5.74) is 1.60. The van der Waals surface area contributed by atoms with E-state index >= 15 is 0 Å². The molecule has 1 N–H and O–H groups in total. The smallest absolute Gasteiger partial charge is 0.224 e. The van der Waals surface area contributed by atoms with E-state index in [1.165, 1.54) is 0 Å². The third-order valence-electron chi connectivity index (χ3n) is 2.72. The average molecular weight is 294 g/mol. The van der Waals surface area contributed by atoms with Crippen molar-refractivity contribution >= 4 is 34.8 Å². The Morgan fingerprint density at radius 3 is 2.21 bits per heavy atom. The molecule has 0 unspecified atom stereocenters. The first-order valence-corrected chi connectivity index (χ1v) is 6.70. The van der Waals surface area contributed by atoms with E-state index in [1.807, 2.05) is 30.3 Å². The van der Waals surface area contributed by atoms with Crippen molar-refractivity contribution in [1.29, 1.82) is 0 Å². The van der Waals surface area contributed by atoms with Gasteiger partial charge in [0.05, 0.1) is 0 Å². The fourth-order valence-electron chi connectivity index (χ4n) is 1.75. The Balaban J connectivity index is 1.94. The van der Waals surface area contributed by atoms with Crippen molar-refractivity contribution in [3.63, 3.8) is 0 Å². The molecule has 0 atom stereocenters. The second-order valence-electron chi connectivity index (χ2n) is 4.11. The van der Waals surface area contributed by atoms with Crippen LogP contribution in [0.1, 0.15) is 12.0 Å². The van der Waals surface area contributed by atoms with Crippen molar-refractivity contribution in [2.45, 2.75) is 12.8 Å². The number of amides is 1. The number of hydrogen-bond donors (Lipinski definition) is 1. The zero-order chi connectivity index (χ0) is 13.7. The summed E-state index contributed by atoms with van der Waals surface area (Å²) in [6.45, 7) is 0. The molecule has 2 rings (SSSR count). The third kappa shape index (κ3) is 3.98. The molecule has 2 aromatic carbocycles. The minimum absolute atomic E-state index is 0.0535. The Morgan fingerprint density at radius 2 is 1.58 bits per heavy atom. The molecule has 0 aromatic heterocycles. The van der Waals surface area contributed by atoms with Crippen molar-refractivity contribution in [1.82, 2.24) is 0 Å². The van der Waals surface area contributed by atoms with Crippen LogP contribution in [-0.2, 0) is 11.2 Å². The number of para-hydroxylation sites is 1. The zero-order valence-electron chi connectivity index (χ0n) is 10.2. The van der Waals surface area contributed by atoms with E-state index in [2.05, 4.69) is 5.32 Å². The van der Waals surface area contributed by atoms with E-state index in [1.54, 1.807) is 18.2 Å². The zero-order valence-corrected chi connectivity index (χ0v) is 11.7. The number of carbonyl (C=O) groups is 1. The van der Waals surface area contributed by atoms with Gasteiger partial charge in [-0.1, -0.05) is 47.5 Å². The Morgan fingerprint density at radius 1 is 0.947 bits per heavy atom. The van der Waals surface area contributed by atoms with E-state index in [9.17, 15) is 4.79 Å². The lowest BCUT2D eigenvalue weighted by Crippen LogP contribution is -2.12. The second kappa shape index (κ2) is 6.60. The van der Waals surface area contributed by atoms with Crippen molar-refractivity contribution in [3.05, 3.63) is 64.1 Å². The highest BCUT2D eigenvalue weighted by Crippen LogP contribution is 2.25. The van der Waals surface area contributed by atoms with Crippen LogP contribution in [0.5, 0.6) is 0 Å². The summed E-state index contributed by atoms with van der Waals surface area (Å²) in [5, 5.41) is 4.02. The molecule has 0 bridgehead atoms. The largest absolute Gasteiger partial charge is 0.326 e. The van der Waals surface area contributed by atoms with Gasteiger partial charge in [0.25, 0.3) is 0 Å². The average Bonchev–Trinajstić information content (AvgIpc) is 2.39. The van der Waals surface area contributed by atoms with E-state index in [-0.39, 0.29) is 5.91 Å². The standard InChI is InChI=1S/C15H13Cl2NO/c16-13-7-4-8-14(17)12(13)9-10-15(19)18-11-5-2-1-3-6-11/h1-8H,9-10H2,(H,18,19). The molecular weight excluding hydrogens is 281 g/mol. The monoisotopic (exact) mass is 293 g/mol. The molecule has 2 nitrogen and oxygen atoms in total. The molecule has 0 spiro atoms. The first kappa shape index (κ1) is 13.9. The van der Waals surface area contributed by atoms with Crippen LogP contribution in [0.3, 0.4) is 0 Å². The van der Waals surface area contributed by atoms with Gasteiger partial charge in [0, 0.05) is 22.2 Å². The lowest BCUT2D eigenvalue weighted by molar-refractivity contribution is -0.116. The molecule has 0 fully saturated rings. The lowest BCUT2D eigenvalue weighted by atomic mass is 10.1. The Kier molecular flexibility index (Phi) is 4.83. The molecule has 2 aromatic rings. The summed E-state index contributed by atoms with van der Waals surface area (Å²) >= 11 is 12.1. The fourth-order valence-corrected chi connectivity index (χ4v) is 2.34.